The number of pyridine rings is 1. The minimum atomic E-state index is -2.31. The second kappa shape index (κ2) is 14.4. The lowest BCUT2D eigenvalue weighted by Crippen LogP contribution is -2.33. The summed E-state index contributed by atoms with van der Waals surface area (Å²) in [5, 5.41) is 9.45. The molecule has 5 aromatic rings. The van der Waals surface area contributed by atoms with Gasteiger partial charge in [-0.3, -0.25) is 0 Å². The summed E-state index contributed by atoms with van der Waals surface area (Å²) in [4.78, 5) is 21.0. The summed E-state index contributed by atoms with van der Waals surface area (Å²) >= 11 is 0. The van der Waals surface area contributed by atoms with Crippen LogP contribution in [0.15, 0.2) is 72.8 Å². The SMILES string of the molecule is CC1CC(F)(F)C1.COCCn1c(Cc2ccc(-c3cccc(OCc4ccc(C)cc4F)n3)cc2C)nc2ccc(C(=O)O)cc21. The Bertz CT molecular complexity index is 1880. The number of ether oxygens (including phenoxy) is 2. The molecule has 0 bridgehead atoms. The van der Waals surface area contributed by atoms with E-state index in [9.17, 15) is 23.1 Å². The Balaban J connectivity index is 0.000000549. The average molecular weight is 646 g/mol. The van der Waals surface area contributed by atoms with Crippen LogP contribution in [-0.2, 0) is 24.3 Å². The summed E-state index contributed by atoms with van der Waals surface area (Å²) in [6.45, 7) is 6.88. The van der Waals surface area contributed by atoms with E-state index in [1.54, 1.807) is 37.4 Å². The van der Waals surface area contributed by atoms with Crippen LogP contribution >= 0.6 is 0 Å². The number of nitrogens with zero attached hydrogens (tertiary/aromatic N) is 3. The number of rotatable bonds is 10. The van der Waals surface area contributed by atoms with Gasteiger partial charge in [-0.15, -0.1) is 0 Å². The van der Waals surface area contributed by atoms with E-state index in [1.807, 2.05) is 49.6 Å². The van der Waals surface area contributed by atoms with Crippen molar-refractivity contribution in [3.8, 4) is 17.1 Å². The van der Waals surface area contributed by atoms with E-state index in [4.69, 9.17) is 14.5 Å². The molecule has 6 rings (SSSR count). The molecular formula is C37H38F3N3O4. The maximum Gasteiger partial charge on any atom is 0.335 e. The molecule has 47 heavy (non-hydrogen) atoms. The molecule has 2 heterocycles. The molecule has 1 saturated carbocycles. The van der Waals surface area contributed by atoms with Crippen molar-refractivity contribution < 1.29 is 32.5 Å². The van der Waals surface area contributed by atoms with Gasteiger partial charge < -0.3 is 19.1 Å². The third-order valence-corrected chi connectivity index (χ3v) is 8.18. The summed E-state index contributed by atoms with van der Waals surface area (Å²) in [5.74, 6) is -2.05. The van der Waals surface area contributed by atoms with Crippen molar-refractivity contribution in [3.63, 3.8) is 0 Å². The zero-order chi connectivity index (χ0) is 33.7. The number of hydrogen-bond donors (Lipinski definition) is 1. The number of benzene rings is 3. The second-order valence-electron chi connectivity index (χ2n) is 12.1. The number of carboxylic acid groups (broad SMARTS) is 1. The molecule has 0 atom stereocenters. The van der Waals surface area contributed by atoms with Crippen LogP contribution in [0.3, 0.4) is 0 Å². The molecule has 1 fully saturated rings. The Morgan fingerprint density at radius 1 is 1.00 bits per heavy atom. The van der Waals surface area contributed by atoms with Gasteiger partial charge in [-0.1, -0.05) is 37.3 Å². The fourth-order valence-corrected chi connectivity index (χ4v) is 5.63. The molecule has 1 N–H and O–H groups in total. The number of hydrogen-bond acceptors (Lipinski definition) is 5. The lowest BCUT2D eigenvalue weighted by atomic mass is 9.83. The second-order valence-corrected chi connectivity index (χ2v) is 12.1. The zero-order valence-electron chi connectivity index (χ0n) is 26.9. The van der Waals surface area contributed by atoms with E-state index in [2.05, 4.69) is 17.1 Å². The van der Waals surface area contributed by atoms with Gasteiger partial charge in [0.1, 0.15) is 18.2 Å². The van der Waals surface area contributed by atoms with Crippen LogP contribution in [-0.4, -0.2) is 45.3 Å². The van der Waals surface area contributed by atoms with E-state index in [-0.39, 0.29) is 36.7 Å². The molecule has 2 aromatic heterocycles. The van der Waals surface area contributed by atoms with Gasteiger partial charge in [-0.2, -0.15) is 0 Å². The summed E-state index contributed by atoms with van der Waals surface area (Å²) in [7, 11) is 1.64. The first-order valence-corrected chi connectivity index (χ1v) is 15.5. The van der Waals surface area contributed by atoms with Crippen molar-refractivity contribution in [2.75, 3.05) is 13.7 Å². The summed E-state index contributed by atoms with van der Waals surface area (Å²) in [5.41, 5.74) is 6.94. The molecule has 0 amide bonds. The molecule has 10 heteroatoms. The van der Waals surface area contributed by atoms with Crippen LogP contribution in [0.2, 0.25) is 0 Å². The van der Waals surface area contributed by atoms with E-state index >= 15 is 0 Å². The Kier molecular flexibility index (Phi) is 10.3. The summed E-state index contributed by atoms with van der Waals surface area (Å²) in [6.07, 6.45) is 0.783. The van der Waals surface area contributed by atoms with Crippen molar-refractivity contribution in [3.05, 3.63) is 112 Å². The quantitative estimate of drug-likeness (QED) is 0.164. The van der Waals surface area contributed by atoms with Gasteiger partial charge >= 0.3 is 5.97 Å². The molecule has 0 aliphatic heterocycles. The minimum Gasteiger partial charge on any atom is -0.478 e. The number of methoxy groups -OCH3 is 1. The molecule has 0 saturated heterocycles. The van der Waals surface area contributed by atoms with Crippen molar-refractivity contribution in [2.45, 2.75) is 59.1 Å². The number of carbonyl (C=O) groups is 1. The van der Waals surface area contributed by atoms with Gasteiger partial charge in [-0.05, 0) is 72.9 Å². The first-order valence-electron chi connectivity index (χ1n) is 15.5. The van der Waals surface area contributed by atoms with Gasteiger partial charge in [0, 0.05) is 50.1 Å². The van der Waals surface area contributed by atoms with Crippen LogP contribution in [0, 0.1) is 25.6 Å². The minimum absolute atomic E-state index is 0.0958. The van der Waals surface area contributed by atoms with Crippen molar-refractivity contribution in [1.82, 2.24) is 14.5 Å². The highest BCUT2D eigenvalue weighted by Crippen LogP contribution is 2.41. The standard InChI is InChI=1S/C32H30FN3O4.C5H8F2/c1-20-7-8-25(26(33)15-20)19-40-31-6-4-5-27(35-31)23-10-9-22(21(2)16-23)18-30-34-28-12-11-24(32(37)38)17-29(28)36(30)13-14-39-3;1-4-2-5(6,7)3-4/h4-12,15-17H,13-14,18-19H2,1-3H3,(H,37,38);4H,2-3H2,1H3. The topological polar surface area (TPSA) is 86.5 Å². The molecule has 0 radical (unpaired) electrons. The first-order chi connectivity index (χ1) is 22.4. The predicted octanol–water partition coefficient (Wildman–Crippen LogP) is 8.42. The summed E-state index contributed by atoms with van der Waals surface area (Å²) < 4.78 is 50.9. The number of aryl methyl sites for hydroxylation is 2. The number of halogens is 3. The highest BCUT2D eigenvalue weighted by molar-refractivity contribution is 5.92. The van der Waals surface area contributed by atoms with Crippen molar-refractivity contribution in [2.24, 2.45) is 5.92 Å². The number of aromatic nitrogens is 3. The summed E-state index contributed by atoms with van der Waals surface area (Å²) in [6, 6.07) is 21.8. The van der Waals surface area contributed by atoms with Crippen LogP contribution in [0.25, 0.3) is 22.3 Å². The largest absolute Gasteiger partial charge is 0.478 e. The Morgan fingerprint density at radius 3 is 2.40 bits per heavy atom. The van der Waals surface area contributed by atoms with Gasteiger partial charge in [0.25, 0.3) is 0 Å². The molecule has 246 valence electrons. The van der Waals surface area contributed by atoms with Crippen molar-refractivity contribution in [1.29, 1.82) is 0 Å². The lowest BCUT2D eigenvalue weighted by molar-refractivity contribution is -0.104. The molecule has 0 spiro atoms. The predicted molar refractivity (Wildman–Crippen MR) is 175 cm³/mol. The molecule has 1 aliphatic rings. The number of imidazole rings is 1. The van der Waals surface area contributed by atoms with Gasteiger partial charge in [0.2, 0.25) is 11.8 Å². The van der Waals surface area contributed by atoms with E-state index in [1.165, 1.54) is 6.07 Å². The van der Waals surface area contributed by atoms with Crippen LogP contribution in [0.5, 0.6) is 5.88 Å². The maximum absolute atomic E-state index is 14.2. The third-order valence-electron chi connectivity index (χ3n) is 8.18. The molecule has 1 aliphatic carbocycles. The maximum atomic E-state index is 14.2. The molecule has 3 aromatic carbocycles. The van der Waals surface area contributed by atoms with E-state index < -0.39 is 11.9 Å². The number of aromatic carboxylic acids is 1. The Labute approximate surface area is 272 Å². The first kappa shape index (κ1) is 33.7. The lowest BCUT2D eigenvalue weighted by Gasteiger charge is -2.31. The van der Waals surface area contributed by atoms with Crippen LogP contribution in [0.4, 0.5) is 13.2 Å². The zero-order valence-corrected chi connectivity index (χ0v) is 26.9. The van der Waals surface area contributed by atoms with E-state index in [0.29, 0.717) is 31.0 Å². The monoisotopic (exact) mass is 645 g/mol. The average Bonchev–Trinajstić information content (AvgIpc) is 3.36. The fraction of sp³-hybridized carbons (Fsp3) is 0.324. The third kappa shape index (κ3) is 8.37. The van der Waals surface area contributed by atoms with Crippen molar-refractivity contribution >= 4 is 17.0 Å². The van der Waals surface area contributed by atoms with Gasteiger partial charge in [0.05, 0.1) is 28.9 Å². The van der Waals surface area contributed by atoms with Crippen LogP contribution < -0.4 is 4.74 Å². The van der Waals surface area contributed by atoms with E-state index in [0.717, 1.165) is 44.8 Å². The Hall–Kier alpha value is -4.70. The highest BCUT2D eigenvalue weighted by atomic mass is 19.3. The normalized spacial score (nSPS) is 13.9. The molecule has 0 unspecified atom stereocenters. The van der Waals surface area contributed by atoms with Crippen LogP contribution in [0.1, 0.15) is 58.2 Å². The smallest absolute Gasteiger partial charge is 0.335 e. The highest BCUT2D eigenvalue weighted by Gasteiger charge is 2.42. The Morgan fingerprint density at radius 2 is 1.77 bits per heavy atom. The molecule has 7 nitrogen and oxygen atoms in total. The number of alkyl halides is 2. The molecular weight excluding hydrogens is 607 g/mol. The fourth-order valence-electron chi connectivity index (χ4n) is 5.63. The number of carboxylic acids is 1. The number of fused-ring (bicyclic) bond motifs is 1. The van der Waals surface area contributed by atoms with Gasteiger partial charge in [-0.25, -0.2) is 27.9 Å². The van der Waals surface area contributed by atoms with Gasteiger partial charge in [0.15, 0.2) is 0 Å².